The average Bonchev–Trinajstić information content (AvgIpc) is 3.22. The zero-order valence-corrected chi connectivity index (χ0v) is 11.1. The van der Waals surface area contributed by atoms with Crippen LogP contribution in [0.2, 0.25) is 0 Å². The molecule has 3 nitrogen and oxygen atoms in total. The molecule has 3 heteroatoms. The van der Waals surface area contributed by atoms with Gasteiger partial charge in [-0.3, -0.25) is 0 Å². The van der Waals surface area contributed by atoms with Crippen molar-refractivity contribution in [1.82, 2.24) is 5.32 Å². The number of methoxy groups -OCH3 is 2. The van der Waals surface area contributed by atoms with Gasteiger partial charge in [0.1, 0.15) is 11.5 Å². The average molecular weight is 247 g/mol. The van der Waals surface area contributed by atoms with E-state index in [-0.39, 0.29) is 0 Å². The van der Waals surface area contributed by atoms with Crippen molar-refractivity contribution in [2.75, 3.05) is 20.8 Å². The Hall–Kier alpha value is -1.48. The SMILES string of the molecule is COc1cc(C=CCCNC2CC2)cc(OC)c1. The lowest BCUT2D eigenvalue weighted by Gasteiger charge is -2.05. The normalized spacial score (nSPS) is 15.0. The first kappa shape index (κ1) is 13.0. The zero-order valence-electron chi connectivity index (χ0n) is 11.1. The quantitative estimate of drug-likeness (QED) is 0.752. The monoisotopic (exact) mass is 247 g/mol. The Labute approximate surface area is 109 Å². The first-order valence-corrected chi connectivity index (χ1v) is 6.45. The van der Waals surface area contributed by atoms with Crippen LogP contribution in [0.4, 0.5) is 0 Å². The zero-order chi connectivity index (χ0) is 12.8. The van der Waals surface area contributed by atoms with Crippen LogP contribution >= 0.6 is 0 Å². The maximum atomic E-state index is 5.24. The molecule has 1 aromatic rings. The Morgan fingerprint density at radius 3 is 2.39 bits per heavy atom. The molecule has 1 saturated carbocycles. The van der Waals surface area contributed by atoms with Crippen molar-refractivity contribution in [3.8, 4) is 11.5 Å². The van der Waals surface area contributed by atoms with Crippen molar-refractivity contribution in [3.63, 3.8) is 0 Å². The summed E-state index contributed by atoms with van der Waals surface area (Å²) >= 11 is 0. The first-order valence-electron chi connectivity index (χ1n) is 6.45. The lowest BCUT2D eigenvalue weighted by atomic mass is 10.1. The molecular weight excluding hydrogens is 226 g/mol. The minimum atomic E-state index is 0.787. The molecule has 1 aliphatic carbocycles. The predicted molar refractivity (Wildman–Crippen MR) is 74.2 cm³/mol. The first-order chi connectivity index (χ1) is 8.81. The second kappa shape index (κ2) is 6.45. The molecule has 18 heavy (non-hydrogen) atoms. The van der Waals surface area contributed by atoms with E-state index in [1.807, 2.05) is 18.2 Å². The van der Waals surface area contributed by atoms with Crippen LogP contribution in [0, 0.1) is 0 Å². The molecule has 98 valence electrons. The summed E-state index contributed by atoms with van der Waals surface area (Å²) in [6.07, 6.45) is 8.03. The maximum Gasteiger partial charge on any atom is 0.123 e. The van der Waals surface area contributed by atoms with Gasteiger partial charge in [-0.15, -0.1) is 0 Å². The molecule has 1 fully saturated rings. The summed E-state index contributed by atoms with van der Waals surface area (Å²) in [7, 11) is 3.34. The van der Waals surface area contributed by atoms with Gasteiger partial charge in [0, 0.05) is 12.1 Å². The Kier molecular flexibility index (Phi) is 4.65. The number of rotatable bonds is 7. The summed E-state index contributed by atoms with van der Waals surface area (Å²) in [4.78, 5) is 0. The predicted octanol–water partition coefficient (Wildman–Crippen LogP) is 2.86. The molecule has 0 saturated heterocycles. The molecule has 0 heterocycles. The number of hydrogen-bond acceptors (Lipinski definition) is 3. The van der Waals surface area contributed by atoms with Gasteiger partial charge < -0.3 is 14.8 Å². The van der Waals surface area contributed by atoms with E-state index in [1.54, 1.807) is 14.2 Å². The fourth-order valence-corrected chi connectivity index (χ4v) is 1.80. The third-order valence-electron chi connectivity index (χ3n) is 3.01. The van der Waals surface area contributed by atoms with E-state index in [9.17, 15) is 0 Å². The van der Waals surface area contributed by atoms with Gasteiger partial charge >= 0.3 is 0 Å². The van der Waals surface area contributed by atoms with E-state index >= 15 is 0 Å². The van der Waals surface area contributed by atoms with Crippen LogP contribution in [0.3, 0.4) is 0 Å². The Bertz CT molecular complexity index is 389. The van der Waals surface area contributed by atoms with E-state index in [1.165, 1.54) is 12.8 Å². The maximum absolute atomic E-state index is 5.24. The van der Waals surface area contributed by atoms with Crippen LogP contribution in [0.25, 0.3) is 6.08 Å². The van der Waals surface area contributed by atoms with E-state index < -0.39 is 0 Å². The van der Waals surface area contributed by atoms with Gasteiger partial charge in [-0.25, -0.2) is 0 Å². The van der Waals surface area contributed by atoms with Gasteiger partial charge in [-0.1, -0.05) is 12.2 Å². The van der Waals surface area contributed by atoms with Crippen molar-refractivity contribution < 1.29 is 9.47 Å². The summed E-state index contributed by atoms with van der Waals surface area (Å²) in [5.74, 6) is 1.65. The largest absolute Gasteiger partial charge is 0.497 e. The summed E-state index contributed by atoms with van der Waals surface area (Å²) in [6, 6.07) is 6.68. The highest BCUT2D eigenvalue weighted by Gasteiger charge is 2.19. The summed E-state index contributed by atoms with van der Waals surface area (Å²) in [6.45, 7) is 1.06. The van der Waals surface area contributed by atoms with Gasteiger partial charge in [0.15, 0.2) is 0 Å². The molecule has 0 amide bonds. The molecule has 0 bridgehead atoms. The summed E-state index contributed by atoms with van der Waals surface area (Å²) in [5, 5.41) is 3.49. The molecular formula is C15H21NO2. The summed E-state index contributed by atoms with van der Waals surface area (Å²) < 4.78 is 10.5. The topological polar surface area (TPSA) is 30.5 Å². The highest BCUT2D eigenvalue weighted by molar-refractivity contribution is 5.55. The minimum Gasteiger partial charge on any atom is -0.497 e. The van der Waals surface area contributed by atoms with Gasteiger partial charge in [0.25, 0.3) is 0 Å². The molecule has 0 aliphatic heterocycles. The van der Waals surface area contributed by atoms with Crippen LogP contribution in [-0.2, 0) is 0 Å². The van der Waals surface area contributed by atoms with Gasteiger partial charge in [0.2, 0.25) is 0 Å². The molecule has 0 aromatic heterocycles. The molecule has 0 spiro atoms. The third kappa shape index (κ3) is 4.08. The second-order valence-electron chi connectivity index (χ2n) is 4.57. The van der Waals surface area contributed by atoms with Crippen LogP contribution in [0.5, 0.6) is 11.5 Å². The number of benzene rings is 1. The van der Waals surface area contributed by atoms with Gasteiger partial charge in [0.05, 0.1) is 14.2 Å². The van der Waals surface area contributed by atoms with Gasteiger partial charge in [-0.05, 0) is 43.5 Å². The lowest BCUT2D eigenvalue weighted by molar-refractivity contribution is 0.394. The van der Waals surface area contributed by atoms with Crippen molar-refractivity contribution in [2.45, 2.75) is 25.3 Å². The van der Waals surface area contributed by atoms with E-state index in [2.05, 4.69) is 17.5 Å². The minimum absolute atomic E-state index is 0.787. The molecule has 0 unspecified atom stereocenters. The smallest absolute Gasteiger partial charge is 0.123 e. The molecule has 1 N–H and O–H groups in total. The second-order valence-corrected chi connectivity index (χ2v) is 4.57. The molecule has 0 radical (unpaired) electrons. The fourth-order valence-electron chi connectivity index (χ4n) is 1.80. The highest BCUT2D eigenvalue weighted by atomic mass is 16.5. The van der Waals surface area contributed by atoms with Crippen molar-refractivity contribution in [3.05, 3.63) is 29.8 Å². The Morgan fingerprint density at radius 2 is 1.83 bits per heavy atom. The Balaban J connectivity index is 1.87. The summed E-state index contributed by atoms with van der Waals surface area (Å²) in [5.41, 5.74) is 1.11. The Morgan fingerprint density at radius 1 is 1.17 bits per heavy atom. The van der Waals surface area contributed by atoms with E-state index in [4.69, 9.17) is 9.47 Å². The molecule has 1 aromatic carbocycles. The van der Waals surface area contributed by atoms with Crippen LogP contribution < -0.4 is 14.8 Å². The third-order valence-corrected chi connectivity index (χ3v) is 3.01. The molecule has 2 rings (SSSR count). The number of nitrogens with one attached hydrogen (secondary N) is 1. The standard InChI is InChI=1S/C15H21NO2/c1-17-14-9-12(10-15(11-14)18-2)5-3-4-8-16-13-6-7-13/h3,5,9-11,13,16H,4,6-8H2,1-2H3. The highest BCUT2D eigenvalue weighted by Crippen LogP contribution is 2.23. The van der Waals surface area contributed by atoms with Crippen LogP contribution in [-0.4, -0.2) is 26.8 Å². The number of hydrogen-bond donors (Lipinski definition) is 1. The van der Waals surface area contributed by atoms with Crippen molar-refractivity contribution in [2.24, 2.45) is 0 Å². The van der Waals surface area contributed by atoms with Crippen molar-refractivity contribution >= 4 is 6.08 Å². The van der Waals surface area contributed by atoms with E-state index in [0.717, 1.165) is 36.1 Å². The van der Waals surface area contributed by atoms with Gasteiger partial charge in [-0.2, -0.15) is 0 Å². The lowest BCUT2D eigenvalue weighted by Crippen LogP contribution is -2.16. The number of ether oxygens (including phenoxy) is 2. The van der Waals surface area contributed by atoms with E-state index in [0.29, 0.717) is 0 Å². The van der Waals surface area contributed by atoms with Crippen molar-refractivity contribution in [1.29, 1.82) is 0 Å². The van der Waals surface area contributed by atoms with Crippen LogP contribution in [0.1, 0.15) is 24.8 Å². The van der Waals surface area contributed by atoms with Crippen LogP contribution in [0.15, 0.2) is 24.3 Å². The molecule has 1 aliphatic rings. The fraction of sp³-hybridized carbons (Fsp3) is 0.467. The molecule has 0 atom stereocenters.